The summed E-state index contributed by atoms with van der Waals surface area (Å²) in [5.74, 6) is -3.94. The van der Waals surface area contributed by atoms with Crippen LogP contribution in [0.2, 0.25) is 0 Å². The van der Waals surface area contributed by atoms with E-state index < -0.39 is 23.9 Å². The van der Waals surface area contributed by atoms with Crippen LogP contribution in [0.15, 0.2) is 48.6 Å². The average molecular weight is 591 g/mol. The summed E-state index contributed by atoms with van der Waals surface area (Å²) in [6.45, 7) is 10.9. The van der Waals surface area contributed by atoms with Crippen LogP contribution in [0.3, 0.4) is 0 Å². The molecule has 232 valence electrons. The highest BCUT2D eigenvalue weighted by Gasteiger charge is 2.28. The van der Waals surface area contributed by atoms with Gasteiger partial charge in [-0.25, -0.2) is 19.2 Å². The van der Waals surface area contributed by atoms with Gasteiger partial charge in [-0.15, -0.1) is 0 Å². The van der Waals surface area contributed by atoms with Gasteiger partial charge in [0.1, 0.15) is 5.75 Å². The van der Waals surface area contributed by atoms with Gasteiger partial charge in [0, 0.05) is 61.5 Å². The second-order valence-electron chi connectivity index (χ2n) is 10.1. The number of fused-ring (bicyclic) bond motifs is 1. The standard InChI is InChI=1S/C22H34N2O2.2C4H4O4/c1-18(2)22(25)19-8-10-21(11-9-19)26-16-6-5-12-23-14-15-24-13-4-3-7-20(24)17-23;2*5-3(6)1-2-4(7)8/h8-11,18,20H,3-7,12-17H2,1-2H3;2*1-2H,(H,5,6)(H,7,8)/b;2*2-1+. The molecule has 0 amide bonds. The molecule has 1 aromatic carbocycles. The molecule has 2 aliphatic heterocycles. The Kier molecular flexibility index (Phi) is 17.1. The maximum atomic E-state index is 11.9. The summed E-state index contributed by atoms with van der Waals surface area (Å²) in [5, 5.41) is 31.2. The van der Waals surface area contributed by atoms with Crippen molar-refractivity contribution in [1.29, 1.82) is 0 Å². The van der Waals surface area contributed by atoms with Crippen molar-refractivity contribution >= 4 is 29.7 Å². The van der Waals surface area contributed by atoms with Gasteiger partial charge in [-0.3, -0.25) is 9.69 Å². The zero-order valence-corrected chi connectivity index (χ0v) is 24.2. The molecular weight excluding hydrogens is 548 g/mol. The van der Waals surface area contributed by atoms with Crippen LogP contribution in [-0.4, -0.2) is 105 Å². The summed E-state index contributed by atoms with van der Waals surface area (Å²) in [7, 11) is 0. The van der Waals surface area contributed by atoms with Crippen molar-refractivity contribution in [3.63, 3.8) is 0 Å². The zero-order valence-electron chi connectivity index (χ0n) is 24.2. The van der Waals surface area contributed by atoms with Crippen LogP contribution in [0.4, 0.5) is 0 Å². The van der Waals surface area contributed by atoms with Crippen molar-refractivity contribution in [3.8, 4) is 5.75 Å². The third kappa shape index (κ3) is 16.3. The fraction of sp³-hybridized carbons (Fsp3) is 0.500. The lowest BCUT2D eigenvalue weighted by Gasteiger charge is -2.44. The number of carboxylic acid groups (broad SMARTS) is 4. The number of hydrogen-bond acceptors (Lipinski definition) is 8. The molecule has 0 bridgehead atoms. The SMILES string of the molecule is CC(C)C(=O)c1ccc(OCCCCN2CCN3CCCCC3C2)cc1.O=C(O)/C=C/C(=O)O.O=C(O)/C=C/C(=O)O. The van der Waals surface area contributed by atoms with E-state index in [-0.39, 0.29) is 11.7 Å². The minimum atomic E-state index is -1.26. The summed E-state index contributed by atoms with van der Waals surface area (Å²) in [6, 6.07) is 8.39. The molecule has 2 fully saturated rings. The van der Waals surface area contributed by atoms with Gasteiger partial charge >= 0.3 is 23.9 Å². The number of hydrogen-bond donors (Lipinski definition) is 4. The Morgan fingerprint density at radius 2 is 1.36 bits per heavy atom. The first-order valence-corrected chi connectivity index (χ1v) is 13.9. The normalized spacial score (nSPS) is 17.0. The molecule has 42 heavy (non-hydrogen) atoms. The highest BCUT2D eigenvalue weighted by Crippen LogP contribution is 2.21. The number of ether oxygens (including phenoxy) is 1. The molecule has 12 heteroatoms. The fourth-order valence-corrected chi connectivity index (χ4v) is 4.38. The van der Waals surface area contributed by atoms with Crippen LogP contribution in [0.1, 0.15) is 56.3 Å². The Morgan fingerprint density at radius 1 is 0.810 bits per heavy atom. The van der Waals surface area contributed by atoms with E-state index >= 15 is 0 Å². The van der Waals surface area contributed by atoms with Crippen LogP contribution in [-0.2, 0) is 19.2 Å². The maximum absolute atomic E-state index is 11.9. The number of piperidine rings is 1. The smallest absolute Gasteiger partial charge is 0.328 e. The lowest BCUT2D eigenvalue weighted by Crippen LogP contribution is -2.54. The van der Waals surface area contributed by atoms with Crippen molar-refractivity contribution in [2.24, 2.45) is 5.92 Å². The first-order valence-electron chi connectivity index (χ1n) is 13.9. The van der Waals surface area contributed by atoms with Crippen molar-refractivity contribution in [1.82, 2.24) is 9.80 Å². The molecule has 3 rings (SSSR count). The van der Waals surface area contributed by atoms with Gasteiger partial charge in [-0.2, -0.15) is 0 Å². The first kappa shape index (κ1) is 36.0. The van der Waals surface area contributed by atoms with Crippen LogP contribution in [0.5, 0.6) is 5.75 Å². The second-order valence-corrected chi connectivity index (χ2v) is 10.1. The highest BCUT2D eigenvalue weighted by molar-refractivity contribution is 5.97. The lowest BCUT2D eigenvalue weighted by molar-refractivity contribution is -0.134. The number of benzene rings is 1. The van der Waals surface area contributed by atoms with Crippen molar-refractivity contribution in [3.05, 3.63) is 54.1 Å². The first-order chi connectivity index (χ1) is 19.9. The molecule has 0 saturated carbocycles. The monoisotopic (exact) mass is 590 g/mol. The molecule has 1 aromatic rings. The van der Waals surface area contributed by atoms with Gasteiger partial charge in [0.05, 0.1) is 6.61 Å². The molecule has 0 aliphatic carbocycles. The predicted molar refractivity (Wildman–Crippen MR) is 155 cm³/mol. The van der Waals surface area contributed by atoms with E-state index in [1.165, 1.54) is 58.4 Å². The minimum absolute atomic E-state index is 0.0391. The minimum Gasteiger partial charge on any atom is -0.494 e. The van der Waals surface area contributed by atoms with E-state index in [4.69, 9.17) is 25.2 Å². The molecule has 12 nitrogen and oxygen atoms in total. The summed E-state index contributed by atoms with van der Waals surface area (Å²) in [4.78, 5) is 55.5. The van der Waals surface area contributed by atoms with E-state index in [0.717, 1.165) is 30.4 Å². The van der Waals surface area contributed by atoms with Crippen molar-refractivity contribution in [2.45, 2.75) is 52.0 Å². The number of carbonyl (C=O) groups excluding carboxylic acids is 1. The molecule has 1 unspecified atom stereocenters. The molecule has 1 atom stereocenters. The zero-order chi connectivity index (χ0) is 31.5. The van der Waals surface area contributed by atoms with Crippen LogP contribution in [0.25, 0.3) is 0 Å². The number of unbranched alkanes of at least 4 members (excludes halogenated alkanes) is 1. The number of ketones is 1. The number of carboxylic acids is 4. The Morgan fingerprint density at radius 3 is 1.86 bits per heavy atom. The van der Waals surface area contributed by atoms with Crippen LogP contribution in [0, 0.1) is 5.92 Å². The molecule has 2 heterocycles. The second kappa shape index (κ2) is 19.9. The van der Waals surface area contributed by atoms with E-state index in [0.29, 0.717) is 24.3 Å². The van der Waals surface area contributed by atoms with E-state index in [1.54, 1.807) is 0 Å². The fourth-order valence-electron chi connectivity index (χ4n) is 4.38. The maximum Gasteiger partial charge on any atom is 0.328 e. The Balaban J connectivity index is 0.000000454. The van der Waals surface area contributed by atoms with Crippen LogP contribution < -0.4 is 4.74 Å². The Labute approximate surface area is 245 Å². The molecule has 2 aliphatic rings. The molecule has 0 radical (unpaired) electrons. The largest absolute Gasteiger partial charge is 0.494 e. The molecular formula is C30H42N2O10. The van der Waals surface area contributed by atoms with E-state index in [1.807, 2.05) is 38.1 Å². The number of nitrogens with zero attached hydrogens (tertiary/aromatic N) is 2. The van der Waals surface area contributed by atoms with Gasteiger partial charge in [0.2, 0.25) is 0 Å². The molecule has 0 spiro atoms. The molecule has 2 saturated heterocycles. The summed E-state index contributed by atoms with van der Waals surface area (Å²) in [5.41, 5.74) is 0.772. The number of piperazine rings is 1. The Bertz CT molecular complexity index is 1020. The average Bonchev–Trinajstić information content (AvgIpc) is 2.95. The van der Waals surface area contributed by atoms with Crippen molar-refractivity contribution in [2.75, 3.05) is 39.3 Å². The van der Waals surface area contributed by atoms with Gasteiger partial charge in [-0.05, 0) is 63.0 Å². The summed E-state index contributed by atoms with van der Waals surface area (Å²) >= 11 is 0. The number of Topliss-reactive ketones (excluding diaryl/α,β-unsaturated/α-hetero) is 1. The predicted octanol–water partition coefficient (Wildman–Crippen LogP) is 3.28. The van der Waals surface area contributed by atoms with Gasteiger partial charge < -0.3 is 30.1 Å². The van der Waals surface area contributed by atoms with Gasteiger partial charge in [0.25, 0.3) is 0 Å². The van der Waals surface area contributed by atoms with Gasteiger partial charge in [0.15, 0.2) is 5.78 Å². The number of aliphatic carboxylic acids is 4. The summed E-state index contributed by atoms with van der Waals surface area (Å²) < 4.78 is 5.84. The topological polar surface area (TPSA) is 182 Å². The Hall–Kier alpha value is -4.03. The molecule has 0 aromatic heterocycles. The number of rotatable bonds is 12. The van der Waals surface area contributed by atoms with Crippen molar-refractivity contribution < 1.29 is 49.1 Å². The third-order valence-electron chi connectivity index (χ3n) is 6.46. The third-order valence-corrected chi connectivity index (χ3v) is 6.46. The molecule has 4 N–H and O–H groups in total. The quantitative estimate of drug-likeness (QED) is 0.159. The van der Waals surface area contributed by atoms with E-state index in [9.17, 15) is 24.0 Å². The van der Waals surface area contributed by atoms with Gasteiger partial charge in [-0.1, -0.05) is 20.3 Å². The van der Waals surface area contributed by atoms with Crippen LogP contribution >= 0.6 is 0 Å². The van der Waals surface area contributed by atoms with E-state index in [2.05, 4.69) is 9.80 Å². The number of carbonyl (C=O) groups is 5. The summed E-state index contributed by atoms with van der Waals surface area (Å²) in [6.07, 6.45) is 8.68. The highest BCUT2D eigenvalue weighted by atomic mass is 16.5. The lowest BCUT2D eigenvalue weighted by atomic mass is 9.99.